The monoisotopic (exact) mass is 268 g/mol. The molecule has 0 saturated carbocycles. The van der Waals surface area contributed by atoms with Crippen molar-refractivity contribution < 1.29 is 9.26 Å². The van der Waals surface area contributed by atoms with E-state index in [1.54, 1.807) is 7.11 Å². The molecule has 0 aromatic carbocycles. The number of piperidine rings is 1. The summed E-state index contributed by atoms with van der Waals surface area (Å²) in [5.41, 5.74) is 5.85. The summed E-state index contributed by atoms with van der Waals surface area (Å²) in [7, 11) is 1.76. The Morgan fingerprint density at radius 3 is 2.89 bits per heavy atom. The maximum absolute atomic E-state index is 5.85. The van der Waals surface area contributed by atoms with Crippen molar-refractivity contribution in [2.24, 2.45) is 5.73 Å². The van der Waals surface area contributed by atoms with Crippen LogP contribution in [0.2, 0.25) is 0 Å². The van der Waals surface area contributed by atoms with Gasteiger partial charge in [0.1, 0.15) is 0 Å². The Morgan fingerprint density at radius 1 is 1.53 bits per heavy atom. The van der Waals surface area contributed by atoms with Gasteiger partial charge in [-0.3, -0.25) is 4.90 Å². The van der Waals surface area contributed by atoms with Gasteiger partial charge in [-0.1, -0.05) is 19.0 Å². The molecular weight excluding hydrogens is 244 g/mol. The van der Waals surface area contributed by atoms with Crippen molar-refractivity contribution in [1.29, 1.82) is 0 Å². The molecule has 2 atom stereocenters. The minimum Gasteiger partial charge on any atom is -0.381 e. The molecule has 0 radical (unpaired) electrons. The summed E-state index contributed by atoms with van der Waals surface area (Å²) < 4.78 is 10.7. The molecule has 108 valence electrons. The Kier molecular flexibility index (Phi) is 4.90. The van der Waals surface area contributed by atoms with Crippen LogP contribution >= 0.6 is 0 Å². The SMILES string of the molecule is COC1CCN(Cc2nc(C(C)C)no2)C(CN)C1. The van der Waals surface area contributed by atoms with E-state index in [0.717, 1.165) is 25.2 Å². The molecule has 1 aliphatic heterocycles. The first-order chi connectivity index (χ1) is 9.13. The van der Waals surface area contributed by atoms with Gasteiger partial charge in [0.15, 0.2) is 5.82 Å². The lowest BCUT2D eigenvalue weighted by Gasteiger charge is -2.37. The highest BCUT2D eigenvalue weighted by Crippen LogP contribution is 2.21. The molecule has 1 saturated heterocycles. The quantitative estimate of drug-likeness (QED) is 0.862. The molecule has 2 N–H and O–H groups in total. The van der Waals surface area contributed by atoms with Crippen molar-refractivity contribution in [3.63, 3.8) is 0 Å². The minimum absolute atomic E-state index is 0.294. The summed E-state index contributed by atoms with van der Waals surface area (Å²) in [5, 5.41) is 3.99. The zero-order chi connectivity index (χ0) is 13.8. The lowest BCUT2D eigenvalue weighted by molar-refractivity contribution is 0.00676. The van der Waals surface area contributed by atoms with Gasteiger partial charge in [0.25, 0.3) is 0 Å². The number of nitrogens with two attached hydrogens (primary N) is 1. The molecule has 6 heteroatoms. The minimum atomic E-state index is 0.294. The molecule has 1 aromatic rings. The maximum atomic E-state index is 5.85. The molecule has 0 amide bonds. The standard InChI is InChI=1S/C13H24N4O2/c1-9(2)13-15-12(19-16-13)8-17-5-4-11(18-3)6-10(17)7-14/h9-11H,4-8,14H2,1-3H3. The van der Waals surface area contributed by atoms with Gasteiger partial charge < -0.3 is 15.0 Å². The van der Waals surface area contributed by atoms with E-state index in [-0.39, 0.29) is 0 Å². The Labute approximate surface area is 114 Å². The number of likely N-dealkylation sites (tertiary alicyclic amines) is 1. The summed E-state index contributed by atoms with van der Waals surface area (Å²) in [6, 6.07) is 0.327. The third-order valence-electron chi connectivity index (χ3n) is 3.73. The number of hydrogen-bond donors (Lipinski definition) is 1. The van der Waals surface area contributed by atoms with Gasteiger partial charge in [-0.05, 0) is 12.8 Å². The van der Waals surface area contributed by atoms with Gasteiger partial charge in [0, 0.05) is 32.2 Å². The van der Waals surface area contributed by atoms with Crippen LogP contribution in [0, 0.1) is 0 Å². The first kappa shape index (κ1) is 14.4. The van der Waals surface area contributed by atoms with E-state index in [1.807, 2.05) is 0 Å². The molecule has 1 aromatic heterocycles. The van der Waals surface area contributed by atoms with Crippen LogP contribution in [0.3, 0.4) is 0 Å². The molecular formula is C13H24N4O2. The fraction of sp³-hybridized carbons (Fsp3) is 0.846. The predicted octanol–water partition coefficient (Wildman–Crippen LogP) is 1.13. The number of ether oxygens (including phenoxy) is 1. The van der Waals surface area contributed by atoms with E-state index < -0.39 is 0 Å². The van der Waals surface area contributed by atoms with E-state index >= 15 is 0 Å². The van der Waals surface area contributed by atoms with Crippen molar-refractivity contribution >= 4 is 0 Å². The Balaban J connectivity index is 1.97. The first-order valence-corrected chi connectivity index (χ1v) is 6.93. The molecule has 2 heterocycles. The van der Waals surface area contributed by atoms with E-state index in [0.29, 0.717) is 37.0 Å². The van der Waals surface area contributed by atoms with Gasteiger partial charge >= 0.3 is 0 Å². The van der Waals surface area contributed by atoms with E-state index in [9.17, 15) is 0 Å². The highest BCUT2D eigenvalue weighted by molar-refractivity contribution is 4.93. The largest absolute Gasteiger partial charge is 0.381 e. The van der Waals surface area contributed by atoms with Gasteiger partial charge in [-0.15, -0.1) is 0 Å². The second-order valence-corrected chi connectivity index (χ2v) is 5.44. The van der Waals surface area contributed by atoms with Crippen molar-refractivity contribution in [1.82, 2.24) is 15.0 Å². The van der Waals surface area contributed by atoms with Crippen molar-refractivity contribution in [2.75, 3.05) is 20.2 Å². The van der Waals surface area contributed by atoms with Gasteiger partial charge in [-0.2, -0.15) is 4.98 Å². The molecule has 1 aliphatic rings. The van der Waals surface area contributed by atoms with E-state index in [2.05, 4.69) is 28.9 Å². The summed E-state index contributed by atoms with van der Waals surface area (Å²) in [4.78, 5) is 6.73. The van der Waals surface area contributed by atoms with E-state index in [4.69, 9.17) is 15.0 Å². The Hall–Kier alpha value is -0.980. The van der Waals surface area contributed by atoms with Gasteiger partial charge in [0.2, 0.25) is 5.89 Å². The molecule has 2 rings (SSSR count). The molecule has 19 heavy (non-hydrogen) atoms. The highest BCUT2D eigenvalue weighted by atomic mass is 16.5. The van der Waals surface area contributed by atoms with Crippen molar-refractivity contribution in [3.05, 3.63) is 11.7 Å². The lowest BCUT2D eigenvalue weighted by Crippen LogP contribution is -2.48. The van der Waals surface area contributed by atoms with Crippen LogP contribution < -0.4 is 5.73 Å². The second-order valence-electron chi connectivity index (χ2n) is 5.44. The average Bonchev–Trinajstić information content (AvgIpc) is 2.88. The first-order valence-electron chi connectivity index (χ1n) is 6.93. The normalized spacial score (nSPS) is 25.1. The van der Waals surface area contributed by atoms with Gasteiger partial charge in [-0.25, -0.2) is 0 Å². The molecule has 6 nitrogen and oxygen atoms in total. The lowest BCUT2D eigenvalue weighted by atomic mass is 9.99. The smallest absolute Gasteiger partial charge is 0.240 e. The summed E-state index contributed by atoms with van der Waals surface area (Å²) in [6.45, 7) is 6.38. The highest BCUT2D eigenvalue weighted by Gasteiger charge is 2.28. The third kappa shape index (κ3) is 3.52. The van der Waals surface area contributed by atoms with Crippen LogP contribution in [0.15, 0.2) is 4.52 Å². The summed E-state index contributed by atoms with van der Waals surface area (Å²) in [5.74, 6) is 1.74. The fourth-order valence-electron chi connectivity index (χ4n) is 2.47. The number of rotatable bonds is 5. The van der Waals surface area contributed by atoms with Crippen LogP contribution in [-0.4, -0.2) is 47.4 Å². The number of methoxy groups -OCH3 is 1. The zero-order valence-electron chi connectivity index (χ0n) is 12.0. The third-order valence-corrected chi connectivity index (χ3v) is 3.73. The van der Waals surface area contributed by atoms with Crippen LogP contribution in [0.4, 0.5) is 0 Å². The Bertz CT molecular complexity index is 394. The molecule has 0 aliphatic carbocycles. The van der Waals surface area contributed by atoms with E-state index in [1.165, 1.54) is 0 Å². The van der Waals surface area contributed by atoms with Crippen LogP contribution in [0.5, 0.6) is 0 Å². The van der Waals surface area contributed by atoms with Crippen molar-refractivity contribution in [2.45, 2.75) is 51.3 Å². The zero-order valence-corrected chi connectivity index (χ0v) is 12.0. The molecule has 0 bridgehead atoms. The van der Waals surface area contributed by atoms with Crippen molar-refractivity contribution in [3.8, 4) is 0 Å². The Morgan fingerprint density at radius 2 is 2.32 bits per heavy atom. The second kappa shape index (κ2) is 6.45. The summed E-state index contributed by atoms with van der Waals surface area (Å²) in [6.07, 6.45) is 2.31. The van der Waals surface area contributed by atoms with Crippen LogP contribution in [0.1, 0.15) is 44.3 Å². The van der Waals surface area contributed by atoms with Crippen LogP contribution in [0.25, 0.3) is 0 Å². The summed E-state index contributed by atoms with van der Waals surface area (Å²) >= 11 is 0. The predicted molar refractivity (Wildman–Crippen MR) is 71.7 cm³/mol. The topological polar surface area (TPSA) is 77.4 Å². The number of nitrogens with zero attached hydrogens (tertiary/aromatic N) is 3. The molecule has 1 fully saturated rings. The van der Waals surface area contributed by atoms with Crippen LogP contribution in [-0.2, 0) is 11.3 Å². The maximum Gasteiger partial charge on any atom is 0.240 e. The molecule has 0 spiro atoms. The molecule has 2 unspecified atom stereocenters. The fourth-order valence-corrected chi connectivity index (χ4v) is 2.47. The number of aromatic nitrogens is 2. The number of hydrogen-bond acceptors (Lipinski definition) is 6. The average molecular weight is 268 g/mol. The van der Waals surface area contributed by atoms with Gasteiger partial charge in [0.05, 0.1) is 12.6 Å².